The third-order valence-corrected chi connectivity index (χ3v) is 3.88. The molecular formula is C17H25NO3. The Morgan fingerprint density at radius 2 is 2.19 bits per heavy atom. The number of ether oxygens (including phenoxy) is 1. The zero-order valence-electron chi connectivity index (χ0n) is 12.9. The number of aromatic hydroxyl groups is 1. The number of phenols is 1. The highest BCUT2D eigenvalue weighted by atomic mass is 16.5. The lowest BCUT2D eigenvalue weighted by molar-refractivity contribution is -0.130. The van der Waals surface area contributed by atoms with E-state index in [0.29, 0.717) is 18.0 Å². The topological polar surface area (TPSA) is 49.8 Å². The Hall–Kier alpha value is -1.55. The van der Waals surface area contributed by atoms with Gasteiger partial charge in [0.05, 0.1) is 12.5 Å². The highest BCUT2D eigenvalue weighted by Crippen LogP contribution is 2.19. The Labute approximate surface area is 126 Å². The number of amides is 1. The van der Waals surface area contributed by atoms with Crippen molar-refractivity contribution >= 4 is 5.91 Å². The summed E-state index contributed by atoms with van der Waals surface area (Å²) >= 11 is 0. The van der Waals surface area contributed by atoms with E-state index in [1.165, 1.54) is 0 Å². The molecule has 1 fully saturated rings. The summed E-state index contributed by atoms with van der Waals surface area (Å²) in [5.74, 6) is 0.895. The van der Waals surface area contributed by atoms with E-state index < -0.39 is 0 Å². The van der Waals surface area contributed by atoms with Crippen LogP contribution in [0.15, 0.2) is 24.3 Å². The fraction of sp³-hybridized carbons (Fsp3) is 0.588. The Morgan fingerprint density at radius 1 is 1.43 bits per heavy atom. The molecule has 1 N–H and O–H groups in total. The molecule has 116 valence electrons. The quantitative estimate of drug-likeness (QED) is 0.876. The first-order valence-electron chi connectivity index (χ1n) is 7.72. The lowest BCUT2D eigenvalue weighted by Crippen LogP contribution is -2.31. The molecule has 4 nitrogen and oxygen atoms in total. The average Bonchev–Trinajstić information content (AvgIpc) is 2.90. The molecule has 1 unspecified atom stereocenters. The summed E-state index contributed by atoms with van der Waals surface area (Å²) in [4.78, 5) is 14.1. The number of likely N-dealkylation sites (tertiary alicyclic amines) is 1. The number of rotatable bonds is 6. The lowest BCUT2D eigenvalue weighted by Gasteiger charge is -2.17. The van der Waals surface area contributed by atoms with E-state index in [9.17, 15) is 9.90 Å². The van der Waals surface area contributed by atoms with Crippen LogP contribution in [-0.2, 0) is 16.0 Å². The maximum Gasteiger partial charge on any atom is 0.227 e. The molecule has 1 saturated heterocycles. The van der Waals surface area contributed by atoms with Crippen molar-refractivity contribution in [3.63, 3.8) is 0 Å². The first-order chi connectivity index (χ1) is 10.1. The van der Waals surface area contributed by atoms with Gasteiger partial charge in [-0.15, -0.1) is 0 Å². The number of carbonyl (C=O) groups is 1. The Balaban J connectivity index is 1.78. The normalized spacial score (nSPS) is 18.4. The van der Waals surface area contributed by atoms with Crippen molar-refractivity contribution in [3.8, 4) is 5.75 Å². The van der Waals surface area contributed by atoms with Crippen molar-refractivity contribution in [2.75, 3.05) is 19.7 Å². The zero-order valence-corrected chi connectivity index (χ0v) is 12.9. The van der Waals surface area contributed by atoms with E-state index >= 15 is 0 Å². The van der Waals surface area contributed by atoms with Crippen molar-refractivity contribution in [1.82, 2.24) is 4.90 Å². The second-order valence-corrected chi connectivity index (χ2v) is 6.11. The molecule has 1 aliphatic heterocycles. The molecule has 0 spiro atoms. The summed E-state index contributed by atoms with van der Waals surface area (Å²) in [5, 5.41) is 9.73. The van der Waals surface area contributed by atoms with Crippen molar-refractivity contribution in [2.45, 2.75) is 39.2 Å². The molecule has 21 heavy (non-hydrogen) atoms. The van der Waals surface area contributed by atoms with Crippen molar-refractivity contribution in [1.29, 1.82) is 0 Å². The molecule has 2 rings (SSSR count). The van der Waals surface area contributed by atoms with E-state index in [0.717, 1.165) is 26.0 Å². The van der Waals surface area contributed by atoms with Crippen molar-refractivity contribution in [3.05, 3.63) is 29.8 Å². The van der Waals surface area contributed by atoms with Gasteiger partial charge in [0.25, 0.3) is 0 Å². The fourth-order valence-electron chi connectivity index (χ4n) is 2.50. The molecular weight excluding hydrogens is 266 g/mol. The van der Waals surface area contributed by atoms with Crippen LogP contribution in [0.2, 0.25) is 0 Å². The molecule has 1 aromatic rings. The molecule has 0 bridgehead atoms. The summed E-state index contributed by atoms with van der Waals surface area (Å²) < 4.78 is 5.82. The van der Waals surface area contributed by atoms with Gasteiger partial charge in [-0.1, -0.05) is 32.0 Å². The van der Waals surface area contributed by atoms with Gasteiger partial charge < -0.3 is 14.7 Å². The smallest absolute Gasteiger partial charge is 0.227 e. The van der Waals surface area contributed by atoms with Gasteiger partial charge in [-0.3, -0.25) is 4.79 Å². The first kappa shape index (κ1) is 15.8. The van der Waals surface area contributed by atoms with Gasteiger partial charge in [-0.25, -0.2) is 0 Å². The van der Waals surface area contributed by atoms with Crippen molar-refractivity contribution in [2.24, 2.45) is 5.92 Å². The van der Waals surface area contributed by atoms with Gasteiger partial charge in [0.1, 0.15) is 5.75 Å². The second kappa shape index (κ2) is 7.46. The SMILES string of the molecule is CC(C)CCOC1CCN(C(=O)Cc2ccccc2O)C1. The molecule has 1 aromatic carbocycles. The van der Waals surface area contributed by atoms with Crippen LogP contribution < -0.4 is 0 Å². The average molecular weight is 291 g/mol. The van der Waals surface area contributed by atoms with Crippen LogP contribution >= 0.6 is 0 Å². The lowest BCUT2D eigenvalue weighted by atomic mass is 10.1. The van der Waals surface area contributed by atoms with E-state index in [4.69, 9.17) is 4.74 Å². The number of para-hydroxylation sites is 1. The predicted molar refractivity (Wildman–Crippen MR) is 82.2 cm³/mol. The molecule has 1 amide bonds. The van der Waals surface area contributed by atoms with Crippen LogP contribution in [0.4, 0.5) is 0 Å². The van der Waals surface area contributed by atoms with Gasteiger partial charge >= 0.3 is 0 Å². The van der Waals surface area contributed by atoms with E-state index in [1.54, 1.807) is 18.2 Å². The van der Waals surface area contributed by atoms with Crippen LogP contribution in [0.25, 0.3) is 0 Å². The number of carbonyl (C=O) groups excluding carboxylic acids is 1. The number of benzene rings is 1. The minimum atomic E-state index is 0.0615. The first-order valence-corrected chi connectivity index (χ1v) is 7.72. The van der Waals surface area contributed by atoms with Gasteiger partial charge in [0.15, 0.2) is 0 Å². The standard InChI is InChI=1S/C17H25NO3/c1-13(2)8-10-21-15-7-9-18(12-15)17(20)11-14-5-3-4-6-16(14)19/h3-6,13,15,19H,7-12H2,1-2H3. The highest BCUT2D eigenvalue weighted by molar-refractivity contribution is 5.79. The van der Waals surface area contributed by atoms with Crippen LogP contribution in [0.5, 0.6) is 5.75 Å². The van der Waals surface area contributed by atoms with Crippen LogP contribution in [0, 0.1) is 5.92 Å². The molecule has 0 radical (unpaired) electrons. The maximum absolute atomic E-state index is 12.3. The van der Waals surface area contributed by atoms with Crippen LogP contribution in [0.1, 0.15) is 32.3 Å². The summed E-state index contributed by atoms with van der Waals surface area (Å²) in [6, 6.07) is 7.01. The number of nitrogens with zero attached hydrogens (tertiary/aromatic N) is 1. The summed E-state index contributed by atoms with van der Waals surface area (Å²) in [6.07, 6.45) is 2.38. The zero-order chi connectivity index (χ0) is 15.2. The van der Waals surface area contributed by atoms with Gasteiger partial charge in [-0.05, 0) is 24.8 Å². The number of phenolic OH excluding ortho intramolecular Hbond substituents is 1. The molecule has 4 heteroatoms. The highest BCUT2D eigenvalue weighted by Gasteiger charge is 2.27. The molecule has 0 saturated carbocycles. The van der Waals surface area contributed by atoms with E-state index in [-0.39, 0.29) is 24.2 Å². The molecule has 0 aliphatic carbocycles. The summed E-state index contributed by atoms with van der Waals surface area (Å²) in [5.41, 5.74) is 0.687. The Bertz CT molecular complexity index is 473. The summed E-state index contributed by atoms with van der Waals surface area (Å²) in [7, 11) is 0. The van der Waals surface area contributed by atoms with Crippen molar-refractivity contribution < 1.29 is 14.6 Å². The number of hydrogen-bond donors (Lipinski definition) is 1. The maximum atomic E-state index is 12.3. The van der Waals surface area contributed by atoms with Gasteiger partial charge in [0.2, 0.25) is 5.91 Å². The largest absolute Gasteiger partial charge is 0.508 e. The van der Waals surface area contributed by atoms with E-state index in [1.807, 2.05) is 11.0 Å². The monoisotopic (exact) mass is 291 g/mol. The molecule has 1 heterocycles. The fourth-order valence-corrected chi connectivity index (χ4v) is 2.50. The van der Waals surface area contributed by atoms with Crippen LogP contribution in [0.3, 0.4) is 0 Å². The minimum Gasteiger partial charge on any atom is -0.508 e. The Morgan fingerprint density at radius 3 is 2.90 bits per heavy atom. The minimum absolute atomic E-state index is 0.0615. The van der Waals surface area contributed by atoms with Gasteiger partial charge in [0, 0.05) is 25.3 Å². The van der Waals surface area contributed by atoms with E-state index in [2.05, 4.69) is 13.8 Å². The third kappa shape index (κ3) is 4.74. The molecule has 0 aromatic heterocycles. The molecule has 1 atom stereocenters. The molecule has 1 aliphatic rings. The third-order valence-electron chi connectivity index (χ3n) is 3.88. The van der Waals surface area contributed by atoms with Crippen LogP contribution in [-0.4, -0.2) is 41.7 Å². The summed E-state index contributed by atoms with van der Waals surface area (Å²) in [6.45, 7) is 6.55. The number of hydrogen-bond acceptors (Lipinski definition) is 3. The second-order valence-electron chi connectivity index (χ2n) is 6.11. The van der Waals surface area contributed by atoms with Gasteiger partial charge in [-0.2, -0.15) is 0 Å². The Kier molecular flexibility index (Phi) is 5.62. The predicted octanol–water partition coefficient (Wildman–Crippen LogP) is 2.60.